The summed E-state index contributed by atoms with van der Waals surface area (Å²) in [6, 6.07) is 11.1. The lowest BCUT2D eigenvalue weighted by atomic mass is 9.71. The molecule has 3 atom stereocenters. The molecule has 2 aromatic rings. The zero-order valence-corrected chi connectivity index (χ0v) is 26.0. The molecule has 10 nitrogen and oxygen atoms in total. The largest absolute Gasteiger partial charge is 0.508 e. The van der Waals surface area contributed by atoms with E-state index in [1.807, 2.05) is 31.5 Å². The van der Waals surface area contributed by atoms with E-state index in [2.05, 4.69) is 12.1 Å². The molecule has 1 saturated carbocycles. The van der Waals surface area contributed by atoms with Gasteiger partial charge in [-0.05, 0) is 60.4 Å². The Morgan fingerprint density at radius 1 is 1.09 bits per heavy atom. The molecule has 2 aromatic carbocycles. The number of hydrogen-bond donors (Lipinski definition) is 7. The molecule has 0 radical (unpaired) electrons. The van der Waals surface area contributed by atoms with Gasteiger partial charge >= 0.3 is 0 Å². The van der Waals surface area contributed by atoms with Crippen LogP contribution in [0.5, 0.6) is 17.2 Å². The number of ether oxygens (including phenoxy) is 1. The summed E-state index contributed by atoms with van der Waals surface area (Å²) in [7, 11) is 0. The van der Waals surface area contributed by atoms with Gasteiger partial charge in [0.1, 0.15) is 30.0 Å². The Kier molecular flexibility index (Phi) is 10.4. The van der Waals surface area contributed by atoms with Crippen LogP contribution in [0.3, 0.4) is 0 Å². The number of phenolic OH excluding ortho intramolecular Hbond substituents is 2. The number of nitrogens with two attached hydrogens (primary N) is 2. The van der Waals surface area contributed by atoms with Crippen molar-refractivity contribution in [2.75, 3.05) is 13.3 Å². The minimum atomic E-state index is -0.902. The highest BCUT2D eigenvalue weighted by molar-refractivity contribution is 5.90. The molecular weight excluding hydrogens is 572 g/mol. The van der Waals surface area contributed by atoms with E-state index in [0.717, 1.165) is 48.3 Å². The van der Waals surface area contributed by atoms with E-state index in [1.165, 1.54) is 22.8 Å². The van der Waals surface area contributed by atoms with Crippen LogP contribution in [-0.2, 0) is 16.6 Å². The second-order valence-electron chi connectivity index (χ2n) is 12.8. The maximum atomic E-state index is 12.5. The molecule has 1 unspecified atom stereocenters. The molecule has 1 fully saturated rings. The Labute approximate surface area is 264 Å². The number of fused-ring (bicyclic) bond motifs is 1. The van der Waals surface area contributed by atoms with Gasteiger partial charge in [0.25, 0.3) is 0 Å². The minimum absolute atomic E-state index is 0.0520. The lowest BCUT2D eigenvalue weighted by Crippen LogP contribution is -3.07. The molecule has 10 heteroatoms. The highest BCUT2D eigenvalue weighted by atomic mass is 16.5. The fourth-order valence-corrected chi connectivity index (χ4v) is 7.02. The number of carbonyl (C=O) groups is 1. The number of allylic oxidation sites excluding steroid dienone is 1. The molecule has 242 valence electrons. The zero-order valence-electron chi connectivity index (χ0n) is 26.0. The van der Waals surface area contributed by atoms with Crippen molar-refractivity contribution < 1.29 is 34.9 Å². The maximum absolute atomic E-state index is 12.5. The lowest BCUT2D eigenvalue weighted by Gasteiger charge is -2.32. The lowest BCUT2D eigenvalue weighted by molar-refractivity contribution is -0.855. The quantitative estimate of drug-likeness (QED) is 0.149. The van der Waals surface area contributed by atoms with Gasteiger partial charge in [-0.1, -0.05) is 50.5 Å². The van der Waals surface area contributed by atoms with Crippen molar-refractivity contribution in [1.82, 2.24) is 0 Å². The van der Waals surface area contributed by atoms with Crippen molar-refractivity contribution in [2.45, 2.75) is 94.9 Å². The average molecular weight is 620 g/mol. The van der Waals surface area contributed by atoms with Crippen LogP contribution in [0.2, 0.25) is 0 Å². The van der Waals surface area contributed by atoms with Crippen molar-refractivity contribution >= 4 is 12.0 Å². The number of phenols is 2. The normalized spacial score (nSPS) is 20.0. The first kappa shape index (κ1) is 32.8. The number of Topliss-reactive ketones (excluding diaryl/α,β-unsaturated/α-hetero) is 1. The SMILES string of the molecule is CCC[C@H](O)C[C@@H](O)CC(=O)CCc1cc(OC[NH+]2C=C3N=CC(C4(c5cccc(C(N)N)c5)CCCC4)=C3C2)c(O)cc1O. The van der Waals surface area contributed by atoms with E-state index < -0.39 is 18.4 Å². The summed E-state index contributed by atoms with van der Waals surface area (Å²) in [6.07, 6.45) is 8.19. The van der Waals surface area contributed by atoms with Crippen LogP contribution in [0.4, 0.5) is 0 Å². The fourth-order valence-electron chi connectivity index (χ4n) is 7.02. The molecule has 2 aliphatic heterocycles. The van der Waals surface area contributed by atoms with Crippen molar-refractivity contribution in [2.24, 2.45) is 16.5 Å². The molecule has 0 bridgehead atoms. The van der Waals surface area contributed by atoms with E-state index in [9.17, 15) is 25.2 Å². The third-order valence-electron chi connectivity index (χ3n) is 9.38. The summed E-state index contributed by atoms with van der Waals surface area (Å²) < 4.78 is 6.03. The predicted molar refractivity (Wildman–Crippen MR) is 172 cm³/mol. The van der Waals surface area contributed by atoms with Gasteiger partial charge in [0.15, 0.2) is 11.5 Å². The summed E-state index contributed by atoms with van der Waals surface area (Å²) in [4.78, 5) is 18.3. The number of carbonyl (C=O) groups excluding carboxylic acids is 1. The van der Waals surface area contributed by atoms with Crippen molar-refractivity contribution in [3.63, 3.8) is 0 Å². The second kappa shape index (κ2) is 14.3. The molecule has 0 aromatic heterocycles. The van der Waals surface area contributed by atoms with Crippen LogP contribution in [0.15, 0.2) is 64.4 Å². The van der Waals surface area contributed by atoms with Gasteiger partial charge in [-0.2, -0.15) is 0 Å². The highest BCUT2D eigenvalue weighted by Gasteiger charge is 2.44. The molecule has 1 aliphatic carbocycles. The molecule has 5 rings (SSSR count). The first-order valence-electron chi connectivity index (χ1n) is 16.1. The summed E-state index contributed by atoms with van der Waals surface area (Å²) in [5.41, 5.74) is 17.9. The van der Waals surface area contributed by atoms with E-state index in [1.54, 1.807) is 6.07 Å². The van der Waals surface area contributed by atoms with Crippen LogP contribution >= 0.6 is 0 Å². The number of quaternary nitrogens is 1. The predicted octanol–water partition coefficient (Wildman–Crippen LogP) is 2.79. The Morgan fingerprint density at radius 2 is 1.87 bits per heavy atom. The van der Waals surface area contributed by atoms with Crippen LogP contribution in [0.25, 0.3) is 0 Å². The monoisotopic (exact) mass is 619 g/mol. The third-order valence-corrected chi connectivity index (χ3v) is 9.38. The van der Waals surface area contributed by atoms with Crippen LogP contribution in [0, 0.1) is 0 Å². The van der Waals surface area contributed by atoms with Gasteiger partial charge < -0.3 is 36.6 Å². The first-order valence-corrected chi connectivity index (χ1v) is 16.1. The average Bonchev–Trinajstić information content (AvgIpc) is 3.73. The number of rotatable bonds is 15. The Morgan fingerprint density at radius 3 is 2.60 bits per heavy atom. The van der Waals surface area contributed by atoms with Crippen molar-refractivity contribution in [3.8, 4) is 17.2 Å². The third kappa shape index (κ3) is 7.48. The molecular formula is C35H47N4O6+. The van der Waals surface area contributed by atoms with E-state index in [4.69, 9.17) is 21.2 Å². The summed E-state index contributed by atoms with van der Waals surface area (Å²) in [5.74, 6) is -0.249. The number of ketones is 1. The minimum Gasteiger partial charge on any atom is -0.508 e. The number of aliphatic hydroxyl groups excluding tert-OH is 2. The summed E-state index contributed by atoms with van der Waals surface area (Å²) >= 11 is 0. The van der Waals surface area contributed by atoms with Gasteiger partial charge in [-0.3, -0.25) is 14.7 Å². The van der Waals surface area contributed by atoms with Gasteiger partial charge in [0, 0.05) is 36.1 Å². The maximum Gasteiger partial charge on any atom is 0.227 e. The van der Waals surface area contributed by atoms with Crippen LogP contribution in [-0.4, -0.2) is 57.9 Å². The molecule has 0 saturated heterocycles. The van der Waals surface area contributed by atoms with Crippen molar-refractivity contribution in [3.05, 3.63) is 76.1 Å². The highest BCUT2D eigenvalue weighted by Crippen LogP contribution is 2.49. The Balaban J connectivity index is 1.23. The molecule has 45 heavy (non-hydrogen) atoms. The smallest absolute Gasteiger partial charge is 0.227 e. The number of aryl methyl sites for hydroxylation is 1. The van der Waals surface area contributed by atoms with Gasteiger partial charge in [-0.25, -0.2) is 0 Å². The van der Waals surface area contributed by atoms with E-state index in [-0.39, 0.29) is 60.9 Å². The number of aliphatic hydroxyl groups is 2. The number of benzene rings is 2. The van der Waals surface area contributed by atoms with Crippen molar-refractivity contribution in [1.29, 1.82) is 0 Å². The molecule has 2 heterocycles. The topological polar surface area (TPSA) is 176 Å². The number of nitrogens with zero attached hydrogens (tertiary/aromatic N) is 1. The molecule has 0 amide bonds. The Bertz CT molecular complexity index is 1480. The number of hydrogen-bond acceptors (Lipinski definition) is 9. The van der Waals surface area contributed by atoms with Gasteiger partial charge in [0.2, 0.25) is 6.73 Å². The van der Waals surface area contributed by atoms with E-state index in [0.29, 0.717) is 18.5 Å². The van der Waals surface area contributed by atoms with E-state index >= 15 is 0 Å². The molecule has 3 aliphatic rings. The first-order chi connectivity index (χ1) is 21.6. The molecule has 9 N–H and O–H groups in total. The standard InChI is InChI=1S/C35H46N4O6/c1-2-6-25(40)15-27(42)16-26(41)10-9-22-14-33(32(44)17-31(22)43)45-21-39-19-28-29(18-38-30(28)20-39)35(11-3-4-12-35)24-8-5-7-23(13-24)34(36)37/h5,7-8,13-14,17-18,20,25,27,34,40,42-44H,2-4,6,9-12,15-16,19,21,36-37H2,1H3/p+1/t25-,27+/m0/s1. The Hall–Kier alpha value is -3.54. The van der Waals surface area contributed by atoms with Crippen LogP contribution in [0.1, 0.15) is 87.6 Å². The van der Waals surface area contributed by atoms with Gasteiger partial charge in [0.05, 0.1) is 18.4 Å². The fraction of sp³-hybridized carbons (Fsp3) is 0.486. The summed E-state index contributed by atoms with van der Waals surface area (Å²) in [5, 5.41) is 41.0. The zero-order chi connectivity index (χ0) is 32.1. The number of aromatic hydroxyl groups is 2. The van der Waals surface area contributed by atoms with Crippen LogP contribution < -0.4 is 21.1 Å². The number of nitrogens with one attached hydrogen (secondary N) is 1. The number of aliphatic imine (C=N–C) groups is 1. The second-order valence-corrected chi connectivity index (χ2v) is 12.8. The van der Waals surface area contributed by atoms with Gasteiger partial charge in [-0.15, -0.1) is 0 Å². The molecule has 0 spiro atoms. The summed E-state index contributed by atoms with van der Waals surface area (Å²) in [6.45, 7) is 2.88.